The summed E-state index contributed by atoms with van der Waals surface area (Å²) in [6.45, 7) is 3.89. The summed E-state index contributed by atoms with van der Waals surface area (Å²) in [6.07, 6.45) is 3.11. The number of hydrogen-bond donors (Lipinski definition) is 1. The van der Waals surface area contributed by atoms with Crippen molar-refractivity contribution in [1.82, 2.24) is 4.57 Å². The summed E-state index contributed by atoms with van der Waals surface area (Å²) in [7, 11) is 0. The number of carbonyl (C=O) groups excluding carboxylic acids is 1. The number of nitrogens with two attached hydrogens (primary N) is 1. The van der Waals surface area contributed by atoms with Gasteiger partial charge in [-0.05, 0) is 29.8 Å². The molecule has 0 saturated heterocycles. The molecule has 4 nitrogen and oxygen atoms in total. The Morgan fingerprint density at radius 2 is 2.07 bits per heavy atom. The lowest BCUT2D eigenvalue weighted by molar-refractivity contribution is 0.0998. The van der Waals surface area contributed by atoms with E-state index < -0.39 is 5.91 Å². The predicted octanol–water partition coefficient (Wildman–Crippen LogP) is 1.29. The fraction of sp³-hybridized carbons (Fsp3) is 0.333. The average molecular weight is 259 g/mol. The van der Waals surface area contributed by atoms with Crippen LogP contribution < -0.4 is 11.2 Å². The fourth-order valence-corrected chi connectivity index (χ4v) is 1.49. The Morgan fingerprint density at radius 3 is 2.50 bits per heavy atom. The molecule has 0 aliphatic carbocycles. The highest BCUT2D eigenvalue weighted by atomic mass is 79.9. The predicted molar refractivity (Wildman–Crippen MR) is 57.3 cm³/mol. The van der Waals surface area contributed by atoms with Gasteiger partial charge in [0.15, 0.2) is 0 Å². The Kier molecular flexibility index (Phi) is 3.10. The molecule has 0 atom stereocenters. The van der Waals surface area contributed by atoms with Gasteiger partial charge in [0.05, 0.1) is 4.47 Å². The number of carbonyl (C=O) groups is 1. The first-order chi connectivity index (χ1) is 6.43. The van der Waals surface area contributed by atoms with E-state index in [0.717, 1.165) is 0 Å². The van der Waals surface area contributed by atoms with E-state index in [4.69, 9.17) is 5.73 Å². The Morgan fingerprint density at radius 1 is 1.50 bits per heavy atom. The molecule has 0 bridgehead atoms. The van der Waals surface area contributed by atoms with Crippen LogP contribution in [0.4, 0.5) is 0 Å². The van der Waals surface area contributed by atoms with Gasteiger partial charge in [0.2, 0.25) is 5.43 Å². The summed E-state index contributed by atoms with van der Waals surface area (Å²) in [4.78, 5) is 22.4. The van der Waals surface area contributed by atoms with Gasteiger partial charge in [-0.3, -0.25) is 9.59 Å². The second kappa shape index (κ2) is 3.96. The zero-order valence-electron chi connectivity index (χ0n) is 7.95. The minimum atomic E-state index is -0.703. The van der Waals surface area contributed by atoms with Crippen LogP contribution >= 0.6 is 15.9 Å². The summed E-state index contributed by atoms with van der Waals surface area (Å²) in [5, 5.41) is 0. The average Bonchev–Trinajstić information content (AvgIpc) is 2.08. The largest absolute Gasteiger partial charge is 0.365 e. The van der Waals surface area contributed by atoms with Gasteiger partial charge in [0.1, 0.15) is 5.56 Å². The third-order valence-electron chi connectivity index (χ3n) is 1.86. The van der Waals surface area contributed by atoms with E-state index in [2.05, 4.69) is 15.9 Å². The van der Waals surface area contributed by atoms with Crippen molar-refractivity contribution in [2.75, 3.05) is 0 Å². The smallest absolute Gasteiger partial charge is 0.254 e. The van der Waals surface area contributed by atoms with E-state index in [1.807, 2.05) is 13.8 Å². The van der Waals surface area contributed by atoms with Gasteiger partial charge in [-0.2, -0.15) is 0 Å². The molecule has 0 unspecified atom stereocenters. The van der Waals surface area contributed by atoms with Crippen LogP contribution in [0.5, 0.6) is 0 Å². The zero-order chi connectivity index (χ0) is 10.9. The third kappa shape index (κ3) is 2.04. The van der Waals surface area contributed by atoms with Crippen LogP contribution in [-0.2, 0) is 0 Å². The number of pyridine rings is 1. The van der Waals surface area contributed by atoms with Gasteiger partial charge in [-0.1, -0.05) is 0 Å². The van der Waals surface area contributed by atoms with Gasteiger partial charge >= 0.3 is 0 Å². The zero-order valence-corrected chi connectivity index (χ0v) is 9.54. The number of rotatable bonds is 2. The maximum atomic E-state index is 11.4. The molecule has 0 spiro atoms. The minimum Gasteiger partial charge on any atom is -0.365 e. The monoisotopic (exact) mass is 258 g/mol. The molecule has 1 heterocycles. The number of primary amides is 1. The molecule has 0 radical (unpaired) electrons. The SMILES string of the molecule is CC(C)n1cc(Br)c(=O)c(C(N)=O)c1. The van der Waals surface area contributed by atoms with Crippen molar-refractivity contribution in [3.05, 3.63) is 32.7 Å². The number of aromatic nitrogens is 1. The minimum absolute atomic E-state index is 0.00748. The van der Waals surface area contributed by atoms with Crippen molar-refractivity contribution in [1.29, 1.82) is 0 Å². The van der Waals surface area contributed by atoms with Crippen LogP contribution in [-0.4, -0.2) is 10.5 Å². The Balaban J connectivity index is 3.43. The van der Waals surface area contributed by atoms with Gasteiger partial charge in [0, 0.05) is 18.4 Å². The van der Waals surface area contributed by atoms with Gasteiger partial charge in [0.25, 0.3) is 5.91 Å². The molecule has 76 valence electrons. The van der Waals surface area contributed by atoms with Gasteiger partial charge in [-0.15, -0.1) is 0 Å². The molecule has 5 heteroatoms. The molecular formula is C9H11BrN2O2. The highest BCUT2D eigenvalue weighted by Gasteiger charge is 2.11. The molecule has 0 saturated carbocycles. The van der Waals surface area contributed by atoms with Crippen LogP contribution in [0.1, 0.15) is 30.2 Å². The molecule has 14 heavy (non-hydrogen) atoms. The lowest BCUT2D eigenvalue weighted by Crippen LogP contribution is -2.24. The molecule has 0 fully saturated rings. The summed E-state index contributed by atoms with van der Waals surface area (Å²) in [6, 6.07) is 0.171. The molecule has 0 aliphatic rings. The lowest BCUT2D eigenvalue weighted by Gasteiger charge is -2.11. The first-order valence-corrected chi connectivity index (χ1v) is 4.94. The van der Waals surface area contributed by atoms with Crippen LogP contribution in [0.2, 0.25) is 0 Å². The van der Waals surface area contributed by atoms with Crippen LogP contribution in [0.25, 0.3) is 0 Å². The highest BCUT2D eigenvalue weighted by Crippen LogP contribution is 2.10. The summed E-state index contributed by atoms with van der Waals surface area (Å²) < 4.78 is 2.11. The number of nitrogens with zero attached hydrogens (tertiary/aromatic N) is 1. The van der Waals surface area contributed by atoms with Gasteiger partial charge < -0.3 is 10.3 Å². The van der Waals surface area contributed by atoms with Crippen molar-refractivity contribution in [3.8, 4) is 0 Å². The number of hydrogen-bond acceptors (Lipinski definition) is 2. The summed E-state index contributed by atoms with van der Waals surface area (Å²) in [5.41, 5.74) is 4.72. The van der Waals surface area contributed by atoms with E-state index in [1.54, 1.807) is 10.8 Å². The van der Waals surface area contributed by atoms with Crippen molar-refractivity contribution < 1.29 is 4.79 Å². The van der Waals surface area contributed by atoms with E-state index >= 15 is 0 Å². The Bertz CT molecular complexity index is 423. The maximum Gasteiger partial charge on any atom is 0.254 e. The summed E-state index contributed by atoms with van der Waals surface area (Å²) >= 11 is 3.09. The van der Waals surface area contributed by atoms with Crippen LogP contribution in [0.3, 0.4) is 0 Å². The normalized spacial score (nSPS) is 10.6. The van der Waals surface area contributed by atoms with Crippen molar-refractivity contribution in [2.24, 2.45) is 5.73 Å². The van der Waals surface area contributed by atoms with Gasteiger partial charge in [-0.25, -0.2) is 0 Å². The third-order valence-corrected chi connectivity index (χ3v) is 2.43. The van der Waals surface area contributed by atoms with E-state index in [0.29, 0.717) is 4.47 Å². The Labute approximate surface area is 89.9 Å². The first kappa shape index (κ1) is 11.0. The lowest BCUT2D eigenvalue weighted by atomic mass is 10.2. The van der Waals surface area contributed by atoms with E-state index in [-0.39, 0.29) is 17.0 Å². The quantitative estimate of drug-likeness (QED) is 0.869. The van der Waals surface area contributed by atoms with Crippen molar-refractivity contribution >= 4 is 21.8 Å². The van der Waals surface area contributed by atoms with Crippen molar-refractivity contribution in [3.63, 3.8) is 0 Å². The first-order valence-electron chi connectivity index (χ1n) is 4.14. The van der Waals surface area contributed by atoms with Crippen LogP contribution in [0.15, 0.2) is 21.7 Å². The molecule has 2 N–H and O–H groups in total. The Hall–Kier alpha value is -1.10. The summed E-state index contributed by atoms with van der Waals surface area (Å²) in [5.74, 6) is -0.703. The molecule has 1 amide bonds. The van der Waals surface area contributed by atoms with Crippen LogP contribution in [0, 0.1) is 0 Å². The molecule has 1 aromatic heterocycles. The highest BCUT2D eigenvalue weighted by molar-refractivity contribution is 9.10. The standard InChI is InChI=1S/C9H11BrN2O2/c1-5(2)12-3-6(9(11)14)8(13)7(10)4-12/h3-5H,1-2H3,(H2,11,14). The topological polar surface area (TPSA) is 65.1 Å². The molecule has 0 aromatic carbocycles. The maximum absolute atomic E-state index is 11.4. The van der Waals surface area contributed by atoms with Crippen molar-refractivity contribution in [2.45, 2.75) is 19.9 Å². The second-order valence-corrected chi connectivity index (χ2v) is 4.11. The molecular weight excluding hydrogens is 248 g/mol. The second-order valence-electron chi connectivity index (χ2n) is 3.25. The van der Waals surface area contributed by atoms with E-state index in [9.17, 15) is 9.59 Å². The molecule has 1 aromatic rings. The molecule has 0 aliphatic heterocycles. The molecule has 1 rings (SSSR count). The fourth-order valence-electron chi connectivity index (χ4n) is 1.04. The number of halogens is 1. The number of amides is 1. The van der Waals surface area contributed by atoms with E-state index in [1.165, 1.54) is 6.20 Å².